The zero-order valence-electron chi connectivity index (χ0n) is 9.21. The average Bonchev–Trinajstić information content (AvgIpc) is 2.88. The van der Waals surface area contributed by atoms with E-state index in [1.165, 1.54) is 16.7 Å². The topological polar surface area (TPSA) is 76.2 Å². The van der Waals surface area contributed by atoms with Crippen molar-refractivity contribution in [2.24, 2.45) is 0 Å². The molecule has 0 aliphatic carbocycles. The Hall–Kier alpha value is -1.60. The number of H-pyrrole nitrogens is 1. The lowest BCUT2D eigenvalue weighted by molar-refractivity contribution is -0.305. The molecule has 5 nitrogen and oxygen atoms in total. The van der Waals surface area contributed by atoms with Gasteiger partial charge in [-0.2, -0.15) is 0 Å². The van der Waals surface area contributed by atoms with Gasteiger partial charge in [-0.25, -0.2) is 0 Å². The van der Waals surface area contributed by atoms with Gasteiger partial charge < -0.3 is 14.9 Å². The maximum atomic E-state index is 12.0. The van der Waals surface area contributed by atoms with Crippen LogP contribution in [0.4, 0.5) is 0 Å². The Morgan fingerprint density at radius 3 is 3.00 bits per heavy atom. The predicted molar refractivity (Wildman–Crippen MR) is 70.3 cm³/mol. The fourth-order valence-electron chi connectivity index (χ4n) is 1.47. The largest absolute Gasteiger partial charge is 0.550 e. The highest BCUT2D eigenvalue weighted by Crippen LogP contribution is 2.32. The molecule has 1 aliphatic heterocycles. The van der Waals surface area contributed by atoms with E-state index in [1.54, 1.807) is 12.3 Å². The highest BCUT2D eigenvalue weighted by atomic mass is 32.2. The van der Waals surface area contributed by atoms with Crippen LogP contribution < -0.4 is 5.11 Å². The molecule has 7 heteroatoms. The van der Waals surface area contributed by atoms with Gasteiger partial charge in [0, 0.05) is 30.8 Å². The molecule has 18 heavy (non-hydrogen) atoms. The quantitative estimate of drug-likeness (QED) is 0.637. The number of thiocarbonyl (C=S) groups is 1. The number of carboxylic acid groups (broad SMARTS) is 1. The van der Waals surface area contributed by atoms with E-state index in [0.717, 1.165) is 5.69 Å². The van der Waals surface area contributed by atoms with E-state index in [0.29, 0.717) is 9.23 Å². The van der Waals surface area contributed by atoms with E-state index in [9.17, 15) is 14.7 Å². The van der Waals surface area contributed by atoms with Gasteiger partial charge in [-0.15, -0.1) is 0 Å². The normalized spacial score (nSPS) is 17.8. The lowest BCUT2D eigenvalue weighted by atomic mass is 10.3. The van der Waals surface area contributed by atoms with Crippen molar-refractivity contribution >= 4 is 46.3 Å². The minimum absolute atomic E-state index is 0.0507. The van der Waals surface area contributed by atoms with E-state index in [4.69, 9.17) is 12.2 Å². The van der Waals surface area contributed by atoms with Crippen LogP contribution in [0.5, 0.6) is 0 Å². The minimum atomic E-state index is -1.20. The van der Waals surface area contributed by atoms with Crippen LogP contribution >= 0.6 is 24.0 Å². The van der Waals surface area contributed by atoms with Gasteiger partial charge in [-0.05, 0) is 18.2 Å². The Bertz CT molecular complexity index is 522. The van der Waals surface area contributed by atoms with Gasteiger partial charge in [-0.3, -0.25) is 9.69 Å². The molecule has 0 spiro atoms. The summed E-state index contributed by atoms with van der Waals surface area (Å²) >= 11 is 6.21. The maximum absolute atomic E-state index is 12.0. The fourth-order valence-corrected chi connectivity index (χ4v) is 2.77. The zero-order chi connectivity index (χ0) is 13.1. The molecule has 1 aromatic rings. The average molecular weight is 281 g/mol. The molecule has 2 heterocycles. The summed E-state index contributed by atoms with van der Waals surface area (Å²) in [6, 6.07) is 3.65. The molecule has 1 aliphatic rings. The Balaban J connectivity index is 2.11. The smallest absolute Gasteiger partial charge is 0.266 e. The van der Waals surface area contributed by atoms with Crippen LogP contribution in [-0.4, -0.2) is 32.6 Å². The molecule has 0 bridgehead atoms. The molecule has 1 fully saturated rings. The van der Waals surface area contributed by atoms with E-state index in [-0.39, 0.29) is 18.9 Å². The number of carbonyl (C=O) groups excluding carboxylic acids is 2. The van der Waals surface area contributed by atoms with Gasteiger partial charge in [0.05, 0.1) is 4.91 Å². The molecule has 94 valence electrons. The monoisotopic (exact) mass is 281 g/mol. The number of aromatic amines is 1. The van der Waals surface area contributed by atoms with Crippen LogP contribution in [-0.2, 0) is 9.59 Å². The second-order valence-electron chi connectivity index (χ2n) is 3.58. The van der Waals surface area contributed by atoms with Crippen LogP contribution in [0.25, 0.3) is 6.08 Å². The number of carbonyl (C=O) groups is 2. The second kappa shape index (κ2) is 5.36. The van der Waals surface area contributed by atoms with Crippen molar-refractivity contribution in [3.8, 4) is 0 Å². The highest BCUT2D eigenvalue weighted by Gasteiger charge is 2.31. The van der Waals surface area contributed by atoms with E-state index in [2.05, 4.69) is 4.98 Å². The third-order valence-corrected chi connectivity index (χ3v) is 3.70. The van der Waals surface area contributed by atoms with Crippen molar-refractivity contribution < 1.29 is 14.7 Å². The van der Waals surface area contributed by atoms with Crippen LogP contribution in [0.2, 0.25) is 0 Å². The number of aromatic nitrogens is 1. The summed E-state index contributed by atoms with van der Waals surface area (Å²) < 4.78 is 0.374. The Morgan fingerprint density at radius 2 is 2.39 bits per heavy atom. The lowest BCUT2D eigenvalue weighted by Crippen LogP contribution is -2.33. The number of amides is 1. The zero-order valence-corrected chi connectivity index (χ0v) is 10.8. The highest BCUT2D eigenvalue weighted by molar-refractivity contribution is 8.26. The van der Waals surface area contributed by atoms with Crippen molar-refractivity contribution in [1.29, 1.82) is 0 Å². The molecular weight excluding hydrogens is 272 g/mol. The summed E-state index contributed by atoms with van der Waals surface area (Å²) in [7, 11) is 0. The van der Waals surface area contributed by atoms with E-state index < -0.39 is 5.97 Å². The molecule has 0 radical (unpaired) electrons. The van der Waals surface area contributed by atoms with Crippen molar-refractivity contribution in [3.63, 3.8) is 0 Å². The number of carboxylic acids is 1. The maximum Gasteiger partial charge on any atom is 0.266 e. The summed E-state index contributed by atoms with van der Waals surface area (Å²) in [5, 5.41) is 10.4. The van der Waals surface area contributed by atoms with Gasteiger partial charge in [-0.1, -0.05) is 24.0 Å². The molecule has 0 unspecified atom stereocenters. The lowest BCUT2D eigenvalue weighted by Gasteiger charge is -2.14. The molecule has 0 saturated carbocycles. The van der Waals surface area contributed by atoms with E-state index in [1.807, 2.05) is 12.1 Å². The number of hydrogen-bond donors (Lipinski definition) is 1. The minimum Gasteiger partial charge on any atom is -0.550 e. The van der Waals surface area contributed by atoms with E-state index >= 15 is 0 Å². The molecular formula is C11H9N2O3S2-. The van der Waals surface area contributed by atoms with Gasteiger partial charge in [0.15, 0.2) is 0 Å². The van der Waals surface area contributed by atoms with Gasteiger partial charge in [0.25, 0.3) is 5.91 Å². The van der Waals surface area contributed by atoms with Gasteiger partial charge >= 0.3 is 0 Å². The molecule has 0 aromatic carbocycles. The Kier molecular flexibility index (Phi) is 3.83. The Morgan fingerprint density at radius 1 is 1.61 bits per heavy atom. The third-order valence-electron chi connectivity index (χ3n) is 2.32. The Labute approximate surface area is 113 Å². The first-order chi connectivity index (χ1) is 8.58. The van der Waals surface area contributed by atoms with Crippen LogP contribution in [0.3, 0.4) is 0 Å². The predicted octanol–water partition coefficient (Wildman–Crippen LogP) is 0.356. The van der Waals surface area contributed by atoms with Crippen molar-refractivity contribution in [3.05, 3.63) is 28.9 Å². The number of thioether (sulfide) groups is 1. The van der Waals surface area contributed by atoms with Gasteiger partial charge in [0.2, 0.25) is 0 Å². The van der Waals surface area contributed by atoms with Crippen LogP contribution in [0.1, 0.15) is 12.1 Å². The third kappa shape index (κ3) is 2.80. The number of hydrogen-bond acceptors (Lipinski definition) is 5. The SMILES string of the molecule is O=C([O-])CCN1C(=O)/C(=C/c2ccc[nH]2)SC1=S. The first kappa shape index (κ1) is 12.8. The summed E-state index contributed by atoms with van der Waals surface area (Å²) in [5.74, 6) is -1.46. The number of rotatable bonds is 4. The summed E-state index contributed by atoms with van der Waals surface area (Å²) in [5.41, 5.74) is 0.801. The first-order valence-corrected chi connectivity index (χ1v) is 6.39. The molecule has 0 atom stereocenters. The van der Waals surface area contributed by atoms with Crippen LogP contribution in [0, 0.1) is 0 Å². The molecule has 2 rings (SSSR count). The number of aliphatic carboxylic acids is 1. The fraction of sp³-hybridized carbons (Fsp3) is 0.182. The van der Waals surface area contributed by atoms with Crippen molar-refractivity contribution in [1.82, 2.24) is 9.88 Å². The number of nitrogens with zero attached hydrogens (tertiary/aromatic N) is 1. The summed E-state index contributed by atoms with van der Waals surface area (Å²) in [6.07, 6.45) is 3.23. The molecule has 1 N–H and O–H groups in total. The number of nitrogens with one attached hydrogen (secondary N) is 1. The van der Waals surface area contributed by atoms with Crippen LogP contribution in [0.15, 0.2) is 23.2 Å². The molecule has 1 amide bonds. The second-order valence-corrected chi connectivity index (χ2v) is 5.26. The first-order valence-electron chi connectivity index (χ1n) is 5.16. The van der Waals surface area contributed by atoms with Crippen molar-refractivity contribution in [2.45, 2.75) is 6.42 Å². The molecule has 1 aromatic heterocycles. The summed E-state index contributed by atoms with van der Waals surface area (Å²) in [4.78, 5) is 27.1. The molecule has 1 saturated heterocycles. The van der Waals surface area contributed by atoms with Gasteiger partial charge in [0.1, 0.15) is 4.32 Å². The standard InChI is InChI=1S/C11H10N2O3S2/c14-9(15)3-5-13-10(16)8(18-11(13)17)6-7-2-1-4-12-7/h1-2,4,6,12H,3,5H2,(H,14,15)/p-1/b8-6-. The summed E-state index contributed by atoms with van der Waals surface area (Å²) in [6.45, 7) is 0.0507. The van der Waals surface area contributed by atoms with Crippen molar-refractivity contribution in [2.75, 3.05) is 6.54 Å².